The SMILES string of the molecule is Cc1cc(I)ccc1NCc1c(Cl)cccc1Cl. The fraction of sp³-hybridized carbons (Fsp3) is 0.143. The van der Waals surface area contributed by atoms with E-state index in [4.69, 9.17) is 23.2 Å². The van der Waals surface area contributed by atoms with Gasteiger partial charge in [0.2, 0.25) is 0 Å². The van der Waals surface area contributed by atoms with Gasteiger partial charge in [0, 0.05) is 31.4 Å². The summed E-state index contributed by atoms with van der Waals surface area (Å²) in [6.07, 6.45) is 0. The summed E-state index contributed by atoms with van der Waals surface area (Å²) in [5.41, 5.74) is 3.25. The lowest BCUT2D eigenvalue weighted by molar-refractivity contribution is 1.14. The zero-order chi connectivity index (χ0) is 13.1. The molecule has 0 unspecified atom stereocenters. The molecule has 0 spiro atoms. The number of nitrogens with one attached hydrogen (secondary N) is 1. The van der Waals surface area contributed by atoms with Gasteiger partial charge >= 0.3 is 0 Å². The minimum atomic E-state index is 0.625. The summed E-state index contributed by atoms with van der Waals surface area (Å²) in [4.78, 5) is 0. The van der Waals surface area contributed by atoms with Crippen LogP contribution in [0.3, 0.4) is 0 Å². The monoisotopic (exact) mass is 391 g/mol. The Morgan fingerprint density at radius 3 is 2.39 bits per heavy atom. The van der Waals surface area contributed by atoms with Gasteiger partial charge in [-0.05, 0) is 65.4 Å². The molecule has 0 bridgehead atoms. The molecular weight excluding hydrogens is 380 g/mol. The van der Waals surface area contributed by atoms with Gasteiger partial charge in [-0.2, -0.15) is 0 Å². The summed E-state index contributed by atoms with van der Waals surface area (Å²) < 4.78 is 1.23. The average molecular weight is 392 g/mol. The lowest BCUT2D eigenvalue weighted by Gasteiger charge is -2.12. The molecule has 0 amide bonds. The topological polar surface area (TPSA) is 12.0 Å². The molecule has 1 nitrogen and oxygen atoms in total. The molecule has 2 aromatic rings. The molecule has 2 rings (SSSR count). The van der Waals surface area contributed by atoms with Crippen LogP contribution in [0.5, 0.6) is 0 Å². The highest BCUT2D eigenvalue weighted by Gasteiger charge is 2.06. The first-order valence-electron chi connectivity index (χ1n) is 5.51. The predicted molar refractivity (Wildman–Crippen MR) is 87.7 cm³/mol. The van der Waals surface area contributed by atoms with E-state index >= 15 is 0 Å². The van der Waals surface area contributed by atoms with Gasteiger partial charge < -0.3 is 5.32 Å². The van der Waals surface area contributed by atoms with E-state index in [1.165, 1.54) is 9.13 Å². The normalized spacial score (nSPS) is 10.4. The van der Waals surface area contributed by atoms with Crippen molar-refractivity contribution in [2.75, 3.05) is 5.32 Å². The number of rotatable bonds is 3. The molecule has 18 heavy (non-hydrogen) atoms. The minimum Gasteiger partial charge on any atom is -0.381 e. The van der Waals surface area contributed by atoms with Crippen LogP contribution in [0.2, 0.25) is 10.0 Å². The van der Waals surface area contributed by atoms with Crippen molar-refractivity contribution in [1.29, 1.82) is 0 Å². The van der Waals surface area contributed by atoms with Crippen molar-refractivity contribution in [2.24, 2.45) is 0 Å². The first-order valence-corrected chi connectivity index (χ1v) is 7.34. The Morgan fingerprint density at radius 2 is 1.78 bits per heavy atom. The number of hydrogen-bond donors (Lipinski definition) is 1. The van der Waals surface area contributed by atoms with Gasteiger partial charge in [0.05, 0.1) is 0 Å². The smallest absolute Gasteiger partial charge is 0.0470 e. The molecule has 0 fully saturated rings. The third-order valence-electron chi connectivity index (χ3n) is 2.71. The Balaban J connectivity index is 2.16. The fourth-order valence-electron chi connectivity index (χ4n) is 1.71. The van der Waals surface area contributed by atoms with Crippen molar-refractivity contribution in [3.8, 4) is 0 Å². The van der Waals surface area contributed by atoms with Crippen LogP contribution in [0.25, 0.3) is 0 Å². The van der Waals surface area contributed by atoms with E-state index in [0.29, 0.717) is 16.6 Å². The van der Waals surface area contributed by atoms with Gasteiger partial charge in [-0.25, -0.2) is 0 Å². The molecule has 0 saturated heterocycles. The molecule has 94 valence electrons. The highest BCUT2D eigenvalue weighted by Crippen LogP contribution is 2.26. The molecule has 0 saturated carbocycles. The van der Waals surface area contributed by atoms with E-state index < -0.39 is 0 Å². The van der Waals surface area contributed by atoms with E-state index in [1.807, 2.05) is 18.2 Å². The maximum atomic E-state index is 6.14. The van der Waals surface area contributed by atoms with Crippen LogP contribution in [0, 0.1) is 10.5 Å². The molecule has 2 aromatic carbocycles. The molecule has 0 aliphatic carbocycles. The maximum absolute atomic E-state index is 6.14. The lowest BCUT2D eigenvalue weighted by Crippen LogP contribution is -2.02. The van der Waals surface area contributed by atoms with Crippen LogP contribution < -0.4 is 5.32 Å². The van der Waals surface area contributed by atoms with E-state index in [-0.39, 0.29) is 0 Å². The summed E-state index contributed by atoms with van der Waals surface area (Å²) >= 11 is 14.6. The van der Waals surface area contributed by atoms with Crippen LogP contribution in [-0.2, 0) is 6.54 Å². The van der Waals surface area contributed by atoms with Gasteiger partial charge in [0.15, 0.2) is 0 Å². The van der Waals surface area contributed by atoms with Crippen molar-refractivity contribution in [3.05, 3.63) is 61.1 Å². The predicted octanol–water partition coefficient (Wildman–Crippen LogP) is 5.52. The number of anilines is 1. The third-order valence-corrected chi connectivity index (χ3v) is 4.08. The minimum absolute atomic E-state index is 0.625. The molecule has 0 aliphatic heterocycles. The molecule has 4 heteroatoms. The second kappa shape index (κ2) is 6.13. The number of aryl methyl sites for hydroxylation is 1. The van der Waals surface area contributed by atoms with Crippen LogP contribution in [0.15, 0.2) is 36.4 Å². The average Bonchev–Trinajstić information content (AvgIpc) is 2.31. The van der Waals surface area contributed by atoms with E-state index in [9.17, 15) is 0 Å². The first kappa shape index (κ1) is 14.0. The second-order valence-corrected chi connectivity index (χ2v) is 6.07. The largest absolute Gasteiger partial charge is 0.381 e. The van der Waals surface area contributed by atoms with Gasteiger partial charge in [0.25, 0.3) is 0 Å². The second-order valence-electron chi connectivity index (χ2n) is 4.01. The van der Waals surface area contributed by atoms with Gasteiger partial charge in [-0.1, -0.05) is 29.3 Å². The summed E-state index contributed by atoms with van der Waals surface area (Å²) in [5, 5.41) is 4.75. The molecule has 1 N–H and O–H groups in total. The standard InChI is InChI=1S/C14H12Cl2IN/c1-9-7-10(17)5-6-14(9)18-8-11-12(15)3-2-4-13(11)16/h2-7,18H,8H2,1H3. The number of hydrogen-bond acceptors (Lipinski definition) is 1. The van der Waals surface area contributed by atoms with Crippen molar-refractivity contribution in [2.45, 2.75) is 13.5 Å². The van der Waals surface area contributed by atoms with Crippen LogP contribution in [0.4, 0.5) is 5.69 Å². The molecular formula is C14H12Cl2IN. The Morgan fingerprint density at radius 1 is 1.11 bits per heavy atom. The molecule has 0 aliphatic rings. The maximum Gasteiger partial charge on any atom is 0.0470 e. The Labute approximate surface area is 131 Å². The molecule has 0 aromatic heterocycles. The highest BCUT2D eigenvalue weighted by molar-refractivity contribution is 14.1. The summed E-state index contributed by atoms with van der Waals surface area (Å²) in [6.45, 7) is 2.71. The van der Waals surface area contributed by atoms with Gasteiger partial charge in [-0.15, -0.1) is 0 Å². The number of benzene rings is 2. The van der Waals surface area contributed by atoms with Crippen LogP contribution in [0.1, 0.15) is 11.1 Å². The Bertz CT molecular complexity index is 549. The Hall–Kier alpha value is -0.450. The van der Waals surface area contributed by atoms with E-state index in [1.54, 1.807) is 0 Å². The molecule has 0 atom stereocenters. The zero-order valence-corrected chi connectivity index (χ0v) is 13.5. The van der Waals surface area contributed by atoms with Crippen LogP contribution in [-0.4, -0.2) is 0 Å². The first-order chi connectivity index (χ1) is 8.58. The van der Waals surface area contributed by atoms with Gasteiger partial charge in [-0.3, -0.25) is 0 Å². The molecule has 0 radical (unpaired) electrons. The summed E-state index contributed by atoms with van der Waals surface area (Å²) in [5.74, 6) is 0. The van der Waals surface area contributed by atoms with Gasteiger partial charge in [0.1, 0.15) is 0 Å². The Kier molecular flexibility index (Phi) is 4.76. The van der Waals surface area contributed by atoms with Crippen molar-refractivity contribution in [1.82, 2.24) is 0 Å². The quantitative estimate of drug-likeness (QED) is 0.679. The lowest BCUT2D eigenvalue weighted by atomic mass is 10.2. The fourth-order valence-corrected chi connectivity index (χ4v) is 2.89. The van der Waals surface area contributed by atoms with Crippen molar-refractivity contribution >= 4 is 51.5 Å². The third kappa shape index (κ3) is 3.31. The summed E-state index contributed by atoms with van der Waals surface area (Å²) in [6, 6.07) is 11.8. The van der Waals surface area contributed by atoms with Crippen molar-refractivity contribution < 1.29 is 0 Å². The highest BCUT2D eigenvalue weighted by atomic mass is 127. The molecule has 0 heterocycles. The van der Waals surface area contributed by atoms with Crippen molar-refractivity contribution in [3.63, 3.8) is 0 Å². The number of halogens is 3. The van der Waals surface area contributed by atoms with E-state index in [2.05, 4.69) is 53.0 Å². The summed E-state index contributed by atoms with van der Waals surface area (Å²) in [7, 11) is 0. The van der Waals surface area contributed by atoms with Crippen LogP contribution >= 0.6 is 45.8 Å². The zero-order valence-electron chi connectivity index (χ0n) is 9.81. The van der Waals surface area contributed by atoms with E-state index in [0.717, 1.165) is 11.3 Å².